The Balaban J connectivity index is 1.81. The normalized spacial score (nSPS) is 12.9. The number of pyridine rings is 1. The fourth-order valence-electron chi connectivity index (χ4n) is 2.87. The molecule has 0 bridgehead atoms. The van der Waals surface area contributed by atoms with Crippen molar-refractivity contribution in [2.45, 2.75) is 39.3 Å². The maximum Gasteiger partial charge on any atom is 0.269 e. The van der Waals surface area contributed by atoms with Crippen LogP contribution in [0.3, 0.4) is 0 Å². The molecule has 0 saturated heterocycles. The maximum absolute atomic E-state index is 12.5. The lowest BCUT2D eigenvalue weighted by atomic mass is 10.1. The Morgan fingerprint density at radius 3 is 2.63 bits per heavy atom. The molecule has 7 heteroatoms. The Labute approximate surface area is 156 Å². The predicted octanol–water partition coefficient (Wildman–Crippen LogP) is 1.87. The van der Waals surface area contributed by atoms with E-state index >= 15 is 0 Å². The van der Waals surface area contributed by atoms with Crippen LogP contribution >= 0.6 is 0 Å². The molecule has 1 saturated carbocycles. The highest BCUT2D eigenvalue weighted by atomic mass is 16.2. The minimum atomic E-state index is -0.495. The van der Waals surface area contributed by atoms with Gasteiger partial charge in [0.05, 0.1) is 11.3 Å². The summed E-state index contributed by atoms with van der Waals surface area (Å²) in [7, 11) is 0. The van der Waals surface area contributed by atoms with Gasteiger partial charge in [0.2, 0.25) is 5.91 Å². The van der Waals surface area contributed by atoms with Crippen LogP contribution in [0.15, 0.2) is 35.1 Å². The summed E-state index contributed by atoms with van der Waals surface area (Å²) in [5, 5.41) is 14.7. The summed E-state index contributed by atoms with van der Waals surface area (Å²) in [6.45, 7) is 3.16. The van der Waals surface area contributed by atoms with Crippen LogP contribution in [0.1, 0.15) is 40.0 Å². The Hall–Kier alpha value is -3.40. The van der Waals surface area contributed by atoms with E-state index in [0.717, 1.165) is 12.8 Å². The highest BCUT2D eigenvalue weighted by molar-refractivity contribution is 6.03. The number of anilines is 1. The van der Waals surface area contributed by atoms with Crippen molar-refractivity contribution in [3.05, 3.63) is 63.1 Å². The number of hydrogen-bond acceptors (Lipinski definition) is 4. The molecule has 2 N–H and O–H groups in total. The number of nitrogens with zero attached hydrogens (tertiary/aromatic N) is 2. The molecule has 1 aromatic heterocycles. The fraction of sp³-hybridized carbons (Fsp3) is 0.300. The van der Waals surface area contributed by atoms with Crippen molar-refractivity contribution in [3.8, 4) is 6.07 Å². The average molecular weight is 364 g/mol. The van der Waals surface area contributed by atoms with Crippen molar-refractivity contribution >= 4 is 17.5 Å². The molecule has 1 aliphatic rings. The van der Waals surface area contributed by atoms with Crippen LogP contribution in [-0.4, -0.2) is 22.4 Å². The largest absolute Gasteiger partial charge is 0.349 e. The summed E-state index contributed by atoms with van der Waals surface area (Å²) in [6, 6.07) is 10.5. The minimum absolute atomic E-state index is 0.0256. The van der Waals surface area contributed by atoms with Gasteiger partial charge >= 0.3 is 0 Å². The summed E-state index contributed by atoms with van der Waals surface area (Å²) >= 11 is 0. The molecule has 2 aromatic rings. The van der Waals surface area contributed by atoms with E-state index in [4.69, 9.17) is 5.26 Å². The van der Waals surface area contributed by atoms with Crippen LogP contribution in [0.5, 0.6) is 0 Å². The van der Waals surface area contributed by atoms with Gasteiger partial charge in [0, 0.05) is 11.7 Å². The van der Waals surface area contributed by atoms with Gasteiger partial charge in [0.15, 0.2) is 0 Å². The van der Waals surface area contributed by atoms with E-state index in [2.05, 4.69) is 10.6 Å². The van der Waals surface area contributed by atoms with Gasteiger partial charge in [-0.3, -0.25) is 14.4 Å². The number of carbonyl (C=O) groups is 2. The number of aromatic nitrogens is 1. The lowest BCUT2D eigenvalue weighted by Crippen LogP contribution is -2.32. The van der Waals surface area contributed by atoms with E-state index in [-0.39, 0.29) is 24.1 Å². The number of nitriles is 1. The summed E-state index contributed by atoms with van der Waals surface area (Å²) in [5.74, 6) is -0.677. The second-order valence-electron chi connectivity index (χ2n) is 6.69. The maximum atomic E-state index is 12.5. The quantitative estimate of drug-likeness (QED) is 0.845. The van der Waals surface area contributed by atoms with E-state index in [1.54, 1.807) is 44.2 Å². The van der Waals surface area contributed by atoms with Crippen LogP contribution in [0.25, 0.3) is 0 Å². The first-order valence-corrected chi connectivity index (χ1v) is 8.71. The number of hydrogen-bond donors (Lipinski definition) is 2. The minimum Gasteiger partial charge on any atom is -0.349 e. The van der Waals surface area contributed by atoms with Crippen molar-refractivity contribution in [3.63, 3.8) is 0 Å². The van der Waals surface area contributed by atoms with Gasteiger partial charge in [0.25, 0.3) is 11.5 Å². The second kappa shape index (κ2) is 7.46. The van der Waals surface area contributed by atoms with Gasteiger partial charge in [-0.1, -0.05) is 12.1 Å². The lowest BCUT2D eigenvalue weighted by molar-refractivity contribution is -0.116. The Morgan fingerprint density at radius 1 is 1.26 bits per heavy atom. The molecule has 138 valence electrons. The third-order valence-corrected chi connectivity index (χ3v) is 4.48. The zero-order chi connectivity index (χ0) is 19.6. The van der Waals surface area contributed by atoms with Gasteiger partial charge in [-0.15, -0.1) is 0 Å². The van der Waals surface area contributed by atoms with E-state index in [0.29, 0.717) is 22.5 Å². The molecule has 0 atom stereocenters. The molecule has 0 aliphatic heterocycles. The van der Waals surface area contributed by atoms with Gasteiger partial charge in [-0.05, 0) is 50.5 Å². The molecule has 1 aromatic carbocycles. The number of aryl methyl sites for hydroxylation is 2. The van der Waals surface area contributed by atoms with E-state index in [1.165, 1.54) is 4.57 Å². The molecule has 0 spiro atoms. The van der Waals surface area contributed by atoms with Crippen molar-refractivity contribution < 1.29 is 9.59 Å². The SMILES string of the molecule is Cc1cc(C)n(CC(=O)Nc2ccccc2C(=O)NC2CC2)c(=O)c1C#N. The Morgan fingerprint density at radius 2 is 1.96 bits per heavy atom. The van der Waals surface area contributed by atoms with Gasteiger partial charge in [0.1, 0.15) is 18.2 Å². The molecule has 7 nitrogen and oxygen atoms in total. The molecule has 0 unspecified atom stereocenters. The van der Waals surface area contributed by atoms with Gasteiger partial charge in [-0.25, -0.2) is 0 Å². The van der Waals surface area contributed by atoms with E-state index < -0.39 is 11.5 Å². The predicted molar refractivity (Wildman–Crippen MR) is 100 cm³/mol. The van der Waals surface area contributed by atoms with Crippen molar-refractivity contribution in [1.29, 1.82) is 5.26 Å². The molecule has 1 heterocycles. The molecular weight excluding hydrogens is 344 g/mol. The van der Waals surface area contributed by atoms with E-state index in [1.807, 2.05) is 6.07 Å². The number of rotatable bonds is 5. The third-order valence-electron chi connectivity index (χ3n) is 4.48. The van der Waals surface area contributed by atoms with Gasteiger partial charge < -0.3 is 15.2 Å². The van der Waals surface area contributed by atoms with Crippen molar-refractivity contribution in [2.24, 2.45) is 0 Å². The zero-order valence-corrected chi connectivity index (χ0v) is 15.2. The second-order valence-corrected chi connectivity index (χ2v) is 6.69. The Bertz CT molecular complexity index is 1010. The molecule has 27 heavy (non-hydrogen) atoms. The molecule has 1 fully saturated rings. The average Bonchev–Trinajstić information content (AvgIpc) is 3.43. The smallest absolute Gasteiger partial charge is 0.269 e. The number of nitrogens with one attached hydrogen (secondary N) is 2. The number of amides is 2. The fourth-order valence-corrected chi connectivity index (χ4v) is 2.87. The molecule has 0 radical (unpaired) electrons. The van der Waals surface area contributed by atoms with Crippen LogP contribution < -0.4 is 16.2 Å². The zero-order valence-electron chi connectivity index (χ0n) is 15.2. The van der Waals surface area contributed by atoms with Crippen molar-refractivity contribution in [1.82, 2.24) is 9.88 Å². The first-order chi connectivity index (χ1) is 12.9. The summed E-state index contributed by atoms with van der Waals surface area (Å²) in [6.07, 6.45) is 1.94. The summed E-state index contributed by atoms with van der Waals surface area (Å²) in [5.41, 5.74) is 1.47. The van der Waals surface area contributed by atoms with Crippen molar-refractivity contribution in [2.75, 3.05) is 5.32 Å². The molecule has 2 amide bonds. The van der Waals surface area contributed by atoms with Crippen LogP contribution in [0.4, 0.5) is 5.69 Å². The monoisotopic (exact) mass is 364 g/mol. The highest BCUT2D eigenvalue weighted by Gasteiger charge is 2.25. The number of benzene rings is 1. The van der Waals surface area contributed by atoms with Crippen LogP contribution in [0, 0.1) is 25.2 Å². The number of carbonyl (C=O) groups excluding carboxylic acids is 2. The third kappa shape index (κ3) is 4.06. The molecular formula is C20H20N4O3. The van der Waals surface area contributed by atoms with E-state index in [9.17, 15) is 14.4 Å². The summed E-state index contributed by atoms with van der Waals surface area (Å²) in [4.78, 5) is 37.3. The molecule has 3 rings (SSSR count). The van der Waals surface area contributed by atoms with Crippen LogP contribution in [-0.2, 0) is 11.3 Å². The van der Waals surface area contributed by atoms with Gasteiger partial charge in [-0.2, -0.15) is 5.26 Å². The first-order valence-electron chi connectivity index (χ1n) is 8.71. The Kier molecular flexibility index (Phi) is 5.08. The lowest BCUT2D eigenvalue weighted by Gasteiger charge is -2.14. The standard InChI is InChI=1S/C20H20N4O3/c1-12-9-13(2)24(20(27)16(12)10-21)11-18(25)23-17-6-4-3-5-15(17)19(26)22-14-7-8-14/h3-6,9,14H,7-8,11H2,1-2H3,(H,22,26)(H,23,25). The summed E-state index contributed by atoms with van der Waals surface area (Å²) < 4.78 is 1.26. The topological polar surface area (TPSA) is 104 Å². The number of para-hydroxylation sites is 1. The van der Waals surface area contributed by atoms with Crippen LogP contribution in [0.2, 0.25) is 0 Å². The first kappa shape index (κ1) is 18.4. The highest BCUT2D eigenvalue weighted by Crippen LogP contribution is 2.21. The molecule has 1 aliphatic carbocycles.